The minimum Gasteiger partial charge on any atom is -0.378 e. The van der Waals surface area contributed by atoms with E-state index in [1.807, 2.05) is 0 Å². The van der Waals surface area contributed by atoms with Gasteiger partial charge in [-0.05, 0) is 19.3 Å². The Morgan fingerprint density at radius 1 is 1.40 bits per heavy atom. The van der Waals surface area contributed by atoms with Crippen molar-refractivity contribution in [3.8, 4) is 0 Å². The van der Waals surface area contributed by atoms with E-state index in [9.17, 15) is 8.42 Å². The lowest BCUT2D eigenvalue weighted by molar-refractivity contribution is -0.0250. The van der Waals surface area contributed by atoms with Gasteiger partial charge in [-0.1, -0.05) is 0 Å². The maximum absolute atomic E-state index is 11.4. The molecule has 0 aromatic heterocycles. The second-order valence-electron chi connectivity index (χ2n) is 4.49. The number of methoxy groups -OCH3 is 1. The van der Waals surface area contributed by atoms with E-state index in [1.165, 1.54) is 0 Å². The maximum atomic E-state index is 11.4. The predicted octanol–water partition coefficient (Wildman–Crippen LogP) is 1.28. The summed E-state index contributed by atoms with van der Waals surface area (Å²) in [6, 6.07) is 0. The molecule has 0 N–H and O–H groups in total. The third-order valence-electron chi connectivity index (χ3n) is 3.47. The Morgan fingerprint density at radius 3 is 2.40 bits per heavy atom. The second-order valence-corrected chi connectivity index (χ2v) is 7.45. The summed E-state index contributed by atoms with van der Waals surface area (Å²) in [6.45, 7) is 1.10. The number of hydrogen-bond donors (Lipinski definition) is 0. The predicted molar refractivity (Wildman–Crippen MR) is 56.5 cm³/mol. The van der Waals surface area contributed by atoms with Crippen molar-refractivity contribution in [2.75, 3.05) is 20.3 Å². The standard InChI is InChI=1S/C9H15ClO4S/c1-13-8(4-5-14-7-8)6-9(2-3-9)15(10,11)12/h2-7H2,1H3. The summed E-state index contributed by atoms with van der Waals surface area (Å²) < 4.78 is 32.8. The monoisotopic (exact) mass is 254 g/mol. The van der Waals surface area contributed by atoms with Crippen LogP contribution in [0.1, 0.15) is 25.7 Å². The van der Waals surface area contributed by atoms with E-state index in [2.05, 4.69) is 0 Å². The smallest absolute Gasteiger partial charge is 0.238 e. The van der Waals surface area contributed by atoms with Gasteiger partial charge in [-0.15, -0.1) is 0 Å². The first-order chi connectivity index (χ1) is 6.93. The van der Waals surface area contributed by atoms with Crippen molar-refractivity contribution in [2.45, 2.75) is 36.0 Å². The van der Waals surface area contributed by atoms with E-state index in [-0.39, 0.29) is 0 Å². The molecule has 0 aromatic carbocycles. The molecular formula is C9H15ClO4S. The van der Waals surface area contributed by atoms with E-state index < -0.39 is 19.4 Å². The molecule has 0 radical (unpaired) electrons. The molecule has 1 aliphatic heterocycles. The van der Waals surface area contributed by atoms with Gasteiger partial charge in [0, 0.05) is 30.8 Å². The van der Waals surface area contributed by atoms with Gasteiger partial charge >= 0.3 is 0 Å². The molecule has 2 aliphatic rings. The molecular weight excluding hydrogens is 240 g/mol. The molecule has 88 valence electrons. The van der Waals surface area contributed by atoms with Crippen LogP contribution in [0.25, 0.3) is 0 Å². The third-order valence-corrected chi connectivity index (χ3v) is 6.04. The van der Waals surface area contributed by atoms with Gasteiger partial charge in [0.15, 0.2) is 0 Å². The van der Waals surface area contributed by atoms with Gasteiger partial charge in [0.2, 0.25) is 9.05 Å². The molecule has 0 bridgehead atoms. The fourth-order valence-corrected chi connectivity index (χ4v) is 3.85. The minimum absolute atomic E-state index is 0.446. The van der Waals surface area contributed by atoms with Crippen molar-refractivity contribution in [3.63, 3.8) is 0 Å². The Balaban J connectivity index is 2.14. The largest absolute Gasteiger partial charge is 0.378 e. The van der Waals surface area contributed by atoms with Crippen LogP contribution < -0.4 is 0 Å². The van der Waals surface area contributed by atoms with Gasteiger partial charge in [-0.25, -0.2) is 8.42 Å². The van der Waals surface area contributed by atoms with Crippen molar-refractivity contribution >= 4 is 19.7 Å². The summed E-state index contributed by atoms with van der Waals surface area (Å²) in [5.41, 5.74) is -0.446. The van der Waals surface area contributed by atoms with Crippen molar-refractivity contribution in [2.24, 2.45) is 0 Å². The molecule has 0 aromatic rings. The number of hydrogen-bond acceptors (Lipinski definition) is 4. The van der Waals surface area contributed by atoms with Gasteiger partial charge in [0.1, 0.15) is 0 Å². The zero-order chi connectivity index (χ0) is 11.2. The fraction of sp³-hybridized carbons (Fsp3) is 1.00. The summed E-state index contributed by atoms with van der Waals surface area (Å²) in [7, 11) is 3.57. The van der Waals surface area contributed by atoms with Crippen LogP contribution in [0, 0.1) is 0 Å². The lowest BCUT2D eigenvalue weighted by Crippen LogP contribution is -2.39. The Morgan fingerprint density at radius 2 is 2.07 bits per heavy atom. The van der Waals surface area contributed by atoms with Crippen molar-refractivity contribution in [1.82, 2.24) is 0 Å². The van der Waals surface area contributed by atoms with Crippen LogP contribution in [-0.2, 0) is 18.5 Å². The SMILES string of the molecule is COC1(CC2(S(=O)(=O)Cl)CC2)CCOC1. The first-order valence-corrected chi connectivity index (χ1v) is 7.31. The van der Waals surface area contributed by atoms with Crippen LogP contribution in [0.5, 0.6) is 0 Å². The molecule has 6 heteroatoms. The first-order valence-electron chi connectivity index (χ1n) is 5.00. The maximum Gasteiger partial charge on any atom is 0.238 e. The minimum atomic E-state index is -3.49. The lowest BCUT2D eigenvalue weighted by atomic mass is 9.95. The molecule has 1 saturated heterocycles. The normalized spacial score (nSPS) is 34.3. The van der Waals surface area contributed by atoms with Crippen molar-refractivity contribution < 1.29 is 17.9 Å². The van der Waals surface area contributed by atoms with Crippen LogP contribution in [0.4, 0.5) is 0 Å². The zero-order valence-electron chi connectivity index (χ0n) is 8.66. The Bertz CT molecular complexity index is 341. The summed E-state index contributed by atoms with van der Waals surface area (Å²) in [5.74, 6) is 0. The highest BCUT2D eigenvalue weighted by Gasteiger charge is 2.58. The number of ether oxygens (including phenoxy) is 2. The van der Waals surface area contributed by atoms with E-state index >= 15 is 0 Å². The Hall–Kier alpha value is 0.160. The average molecular weight is 255 g/mol. The van der Waals surface area contributed by atoms with E-state index in [4.69, 9.17) is 20.2 Å². The van der Waals surface area contributed by atoms with Crippen molar-refractivity contribution in [3.05, 3.63) is 0 Å². The van der Waals surface area contributed by atoms with Crippen LogP contribution in [0.2, 0.25) is 0 Å². The van der Waals surface area contributed by atoms with E-state index in [1.54, 1.807) is 7.11 Å². The molecule has 1 atom stereocenters. The summed E-state index contributed by atoms with van der Waals surface area (Å²) in [5, 5.41) is 0. The van der Waals surface area contributed by atoms with Gasteiger partial charge in [0.05, 0.1) is 17.0 Å². The molecule has 15 heavy (non-hydrogen) atoms. The van der Waals surface area contributed by atoms with Gasteiger partial charge in [-0.3, -0.25) is 0 Å². The first kappa shape index (κ1) is 11.6. The summed E-state index contributed by atoms with van der Waals surface area (Å²) in [4.78, 5) is 0. The molecule has 1 heterocycles. The van der Waals surface area contributed by atoms with E-state index in [0.29, 0.717) is 32.5 Å². The summed E-state index contributed by atoms with van der Waals surface area (Å²) in [6.07, 6.45) is 2.49. The van der Waals surface area contributed by atoms with Crippen LogP contribution in [0.15, 0.2) is 0 Å². The third kappa shape index (κ3) is 2.02. The van der Waals surface area contributed by atoms with Crippen LogP contribution in [0.3, 0.4) is 0 Å². The zero-order valence-corrected chi connectivity index (χ0v) is 10.2. The van der Waals surface area contributed by atoms with Crippen LogP contribution in [-0.4, -0.2) is 39.1 Å². The molecule has 1 aliphatic carbocycles. The molecule has 2 fully saturated rings. The highest BCUT2D eigenvalue weighted by Crippen LogP contribution is 2.52. The van der Waals surface area contributed by atoms with Gasteiger partial charge in [0.25, 0.3) is 0 Å². The second kappa shape index (κ2) is 3.58. The fourth-order valence-electron chi connectivity index (χ4n) is 2.19. The molecule has 1 saturated carbocycles. The Kier molecular flexibility index (Phi) is 2.78. The number of halogens is 1. The number of rotatable bonds is 4. The van der Waals surface area contributed by atoms with Gasteiger partial charge in [-0.2, -0.15) is 0 Å². The van der Waals surface area contributed by atoms with Gasteiger partial charge < -0.3 is 9.47 Å². The topological polar surface area (TPSA) is 52.6 Å². The average Bonchev–Trinajstić information content (AvgIpc) is 2.77. The van der Waals surface area contributed by atoms with Crippen LogP contribution >= 0.6 is 10.7 Å². The molecule has 0 amide bonds. The van der Waals surface area contributed by atoms with E-state index in [0.717, 1.165) is 6.42 Å². The highest BCUT2D eigenvalue weighted by atomic mass is 35.7. The lowest BCUT2D eigenvalue weighted by Gasteiger charge is -2.29. The highest BCUT2D eigenvalue weighted by molar-refractivity contribution is 8.15. The molecule has 1 unspecified atom stereocenters. The molecule has 2 rings (SSSR count). The quantitative estimate of drug-likeness (QED) is 0.710. The Labute approximate surface area is 94.3 Å². The molecule has 4 nitrogen and oxygen atoms in total. The van der Waals surface area contributed by atoms with Crippen molar-refractivity contribution in [1.29, 1.82) is 0 Å². The molecule has 0 spiro atoms. The summed E-state index contributed by atoms with van der Waals surface area (Å²) >= 11 is 0.